The van der Waals surface area contributed by atoms with Crippen LogP contribution >= 0.6 is 0 Å². The topological polar surface area (TPSA) is 25.8 Å². The maximum atomic E-state index is 5.15. The van der Waals surface area contributed by atoms with Crippen molar-refractivity contribution in [3.8, 4) is 55.8 Å². The molecule has 0 amide bonds. The van der Waals surface area contributed by atoms with Crippen molar-refractivity contribution < 1.29 is 0 Å². The second-order valence-electron chi connectivity index (χ2n) is 11.1. The zero-order valence-corrected chi connectivity index (χ0v) is 24.1. The number of aromatic nitrogens is 2. The van der Waals surface area contributed by atoms with Gasteiger partial charge in [0, 0.05) is 34.5 Å². The van der Waals surface area contributed by atoms with Gasteiger partial charge in [0.25, 0.3) is 0 Å². The summed E-state index contributed by atoms with van der Waals surface area (Å²) < 4.78 is 0. The lowest BCUT2D eigenvalue weighted by atomic mass is 9.92. The van der Waals surface area contributed by atoms with Gasteiger partial charge in [0.15, 0.2) is 0 Å². The van der Waals surface area contributed by atoms with Gasteiger partial charge < -0.3 is 0 Å². The van der Waals surface area contributed by atoms with Crippen LogP contribution in [0.15, 0.2) is 170 Å². The molecule has 8 rings (SSSR count). The first-order chi connectivity index (χ1) is 21.8. The van der Waals surface area contributed by atoms with E-state index in [4.69, 9.17) is 4.98 Å². The normalized spacial score (nSPS) is 11.2. The quantitative estimate of drug-likeness (QED) is 0.209. The second-order valence-corrected chi connectivity index (χ2v) is 11.1. The van der Waals surface area contributed by atoms with Crippen molar-refractivity contribution in [3.05, 3.63) is 170 Å². The van der Waals surface area contributed by atoms with E-state index in [1.54, 1.807) is 0 Å². The minimum absolute atomic E-state index is 0.988. The SMILES string of the molecule is c1ccc(-c2cc3ccccc3nc2-c2ccc(-c3cc(-c4cccnc4)cc(-c4ccc5ccccc5c4)c3)cc2)cc1. The van der Waals surface area contributed by atoms with Crippen molar-refractivity contribution >= 4 is 21.7 Å². The molecule has 0 bridgehead atoms. The number of fused-ring (bicyclic) bond motifs is 2. The van der Waals surface area contributed by atoms with Gasteiger partial charge in [-0.3, -0.25) is 4.98 Å². The number of para-hydroxylation sites is 1. The Bertz CT molecular complexity index is 2250. The van der Waals surface area contributed by atoms with Crippen LogP contribution in [0.1, 0.15) is 0 Å². The van der Waals surface area contributed by atoms with Crippen LogP contribution in [0.5, 0.6) is 0 Å². The van der Waals surface area contributed by atoms with Gasteiger partial charge in [-0.2, -0.15) is 0 Å². The molecule has 2 heterocycles. The maximum Gasteiger partial charge on any atom is 0.0788 e. The van der Waals surface area contributed by atoms with Crippen molar-refractivity contribution in [2.45, 2.75) is 0 Å². The Hall–Kier alpha value is -5.86. The predicted molar refractivity (Wildman–Crippen MR) is 184 cm³/mol. The highest BCUT2D eigenvalue weighted by Crippen LogP contribution is 2.37. The van der Waals surface area contributed by atoms with Crippen molar-refractivity contribution in [3.63, 3.8) is 0 Å². The van der Waals surface area contributed by atoms with E-state index in [1.165, 1.54) is 21.9 Å². The second kappa shape index (κ2) is 11.1. The molecule has 44 heavy (non-hydrogen) atoms. The first-order valence-electron chi connectivity index (χ1n) is 14.9. The molecule has 0 radical (unpaired) electrons. The number of nitrogens with zero attached hydrogens (tertiary/aromatic N) is 2. The van der Waals surface area contributed by atoms with Crippen molar-refractivity contribution in [1.82, 2.24) is 9.97 Å². The molecule has 0 spiro atoms. The van der Waals surface area contributed by atoms with E-state index in [-0.39, 0.29) is 0 Å². The summed E-state index contributed by atoms with van der Waals surface area (Å²) in [7, 11) is 0. The first kappa shape index (κ1) is 25.8. The number of benzene rings is 6. The van der Waals surface area contributed by atoms with Crippen molar-refractivity contribution in [2.75, 3.05) is 0 Å². The molecule has 206 valence electrons. The molecule has 0 saturated heterocycles. The smallest absolute Gasteiger partial charge is 0.0788 e. The van der Waals surface area contributed by atoms with Gasteiger partial charge in [-0.1, -0.05) is 115 Å². The summed E-state index contributed by atoms with van der Waals surface area (Å²) in [5.74, 6) is 0. The fourth-order valence-corrected chi connectivity index (χ4v) is 6.02. The summed E-state index contributed by atoms with van der Waals surface area (Å²) in [4.78, 5) is 9.55. The molecule has 2 nitrogen and oxygen atoms in total. The van der Waals surface area contributed by atoms with Crippen LogP contribution in [-0.4, -0.2) is 9.97 Å². The van der Waals surface area contributed by atoms with Gasteiger partial charge in [-0.05, 0) is 86.6 Å². The highest BCUT2D eigenvalue weighted by molar-refractivity contribution is 5.93. The minimum Gasteiger partial charge on any atom is -0.264 e. The maximum absolute atomic E-state index is 5.15. The Morgan fingerprint density at radius 2 is 0.955 bits per heavy atom. The molecule has 0 aliphatic heterocycles. The molecule has 2 heteroatoms. The van der Waals surface area contributed by atoms with E-state index >= 15 is 0 Å². The number of hydrogen-bond acceptors (Lipinski definition) is 2. The molecular weight excluding hydrogens is 532 g/mol. The summed E-state index contributed by atoms with van der Waals surface area (Å²) in [6.45, 7) is 0. The Morgan fingerprint density at radius 3 is 1.73 bits per heavy atom. The standard InChI is InChI=1S/C42H28N2/c1-2-10-31(11-3-1)40-27-35-13-6-7-15-41(35)44-42(40)32-19-16-30(17-20-32)37-24-38(26-39(25-37)36-14-8-22-43-28-36)34-21-18-29-9-4-5-12-33(29)23-34/h1-28H. The van der Waals surface area contributed by atoms with Gasteiger partial charge in [0.1, 0.15) is 0 Å². The number of pyridine rings is 2. The van der Waals surface area contributed by atoms with Gasteiger partial charge >= 0.3 is 0 Å². The Morgan fingerprint density at radius 1 is 0.341 bits per heavy atom. The predicted octanol–water partition coefficient (Wildman–Crippen LogP) is 11.1. The van der Waals surface area contributed by atoms with Crippen molar-refractivity contribution in [2.24, 2.45) is 0 Å². The van der Waals surface area contributed by atoms with Crippen LogP contribution in [0.2, 0.25) is 0 Å². The van der Waals surface area contributed by atoms with E-state index in [2.05, 4.69) is 151 Å². The van der Waals surface area contributed by atoms with Gasteiger partial charge in [0.05, 0.1) is 11.2 Å². The zero-order valence-electron chi connectivity index (χ0n) is 24.1. The third kappa shape index (κ3) is 4.93. The van der Waals surface area contributed by atoms with Crippen molar-refractivity contribution in [1.29, 1.82) is 0 Å². The van der Waals surface area contributed by atoms with E-state index in [0.717, 1.165) is 55.5 Å². The fraction of sp³-hybridized carbons (Fsp3) is 0. The largest absolute Gasteiger partial charge is 0.264 e. The van der Waals surface area contributed by atoms with Crippen LogP contribution in [-0.2, 0) is 0 Å². The molecule has 8 aromatic rings. The molecule has 2 aromatic heterocycles. The molecular formula is C42H28N2. The van der Waals surface area contributed by atoms with E-state index in [0.29, 0.717) is 0 Å². The lowest BCUT2D eigenvalue weighted by molar-refractivity contribution is 1.33. The van der Waals surface area contributed by atoms with Gasteiger partial charge in [-0.25, -0.2) is 4.98 Å². The fourth-order valence-electron chi connectivity index (χ4n) is 6.02. The third-order valence-corrected chi connectivity index (χ3v) is 8.31. The van der Waals surface area contributed by atoms with Crippen LogP contribution in [0.3, 0.4) is 0 Å². The molecule has 0 fully saturated rings. The minimum atomic E-state index is 0.988. The average Bonchev–Trinajstić information content (AvgIpc) is 3.11. The third-order valence-electron chi connectivity index (χ3n) is 8.31. The first-order valence-corrected chi connectivity index (χ1v) is 14.9. The van der Waals surface area contributed by atoms with Crippen LogP contribution in [0.4, 0.5) is 0 Å². The summed E-state index contributed by atoms with van der Waals surface area (Å²) in [6, 6.07) is 56.1. The lowest BCUT2D eigenvalue weighted by Gasteiger charge is -2.14. The Labute approximate surface area is 257 Å². The average molecular weight is 561 g/mol. The monoisotopic (exact) mass is 560 g/mol. The van der Waals surface area contributed by atoms with Gasteiger partial charge in [-0.15, -0.1) is 0 Å². The summed E-state index contributed by atoms with van der Waals surface area (Å²) in [5.41, 5.74) is 12.3. The summed E-state index contributed by atoms with van der Waals surface area (Å²) in [5, 5.41) is 3.62. The highest BCUT2D eigenvalue weighted by Gasteiger charge is 2.13. The Kier molecular flexibility index (Phi) is 6.51. The van der Waals surface area contributed by atoms with Gasteiger partial charge in [0.2, 0.25) is 0 Å². The molecule has 0 aliphatic carbocycles. The zero-order chi connectivity index (χ0) is 29.3. The number of rotatable bonds is 5. The molecule has 6 aromatic carbocycles. The highest BCUT2D eigenvalue weighted by atomic mass is 14.7. The molecule has 0 saturated carbocycles. The van der Waals surface area contributed by atoms with Crippen LogP contribution in [0, 0.1) is 0 Å². The van der Waals surface area contributed by atoms with Crippen LogP contribution < -0.4 is 0 Å². The molecule has 0 atom stereocenters. The van der Waals surface area contributed by atoms with E-state index in [9.17, 15) is 0 Å². The number of hydrogen-bond donors (Lipinski definition) is 0. The summed E-state index contributed by atoms with van der Waals surface area (Å²) in [6.07, 6.45) is 3.75. The molecule has 0 aliphatic rings. The van der Waals surface area contributed by atoms with E-state index in [1.807, 2.05) is 24.5 Å². The van der Waals surface area contributed by atoms with E-state index < -0.39 is 0 Å². The summed E-state index contributed by atoms with van der Waals surface area (Å²) >= 11 is 0. The molecule has 0 unspecified atom stereocenters. The Balaban J connectivity index is 1.25. The van der Waals surface area contributed by atoms with Crippen LogP contribution in [0.25, 0.3) is 77.4 Å². The molecule has 0 N–H and O–H groups in total. The lowest BCUT2D eigenvalue weighted by Crippen LogP contribution is -1.92.